The minimum atomic E-state index is -0.186. The van der Waals surface area contributed by atoms with Crippen LogP contribution in [0.15, 0.2) is 84.9 Å². The molecule has 1 amide bonds. The molecule has 0 bridgehead atoms. The van der Waals surface area contributed by atoms with Gasteiger partial charge in [-0.05, 0) is 34.9 Å². The number of carbonyl (C=O) groups is 1. The molecule has 3 aromatic rings. The van der Waals surface area contributed by atoms with Gasteiger partial charge in [0.1, 0.15) is 6.10 Å². The molecule has 0 fully saturated rings. The second-order valence-electron chi connectivity index (χ2n) is 6.81. The second kappa shape index (κ2) is 11.6. The molecule has 0 unspecified atom stereocenters. The van der Waals surface area contributed by atoms with E-state index in [2.05, 4.69) is 5.32 Å². The molecule has 0 spiro atoms. The van der Waals surface area contributed by atoms with Crippen LogP contribution in [0.3, 0.4) is 0 Å². The average Bonchev–Trinajstić information content (AvgIpc) is 2.83. The number of rotatable bonds is 10. The van der Waals surface area contributed by atoms with Crippen LogP contribution in [0.5, 0.6) is 11.5 Å². The summed E-state index contributed by atoms with van der Waals surface area (Å²) in [7, 11) is 3.17. The molecule has 0 saturated carbocycles. The Kier molecular flexibility index (Phi) is 8.26. The summed E-state index contributed by atoms with van der Waals surface area (Å²) in [4.78, 5) is 12.2. The number of hydrogen-bond donors (Lipinski definition) is 1. The highest BCUT2D eigenvalue weighted by Crippen LogP contribution is 2.28. The van der Waals surface area contributed by atoms with Crippen LogP contribution >= 0.6 is 0 Å². The molecule has 160 valence electrons. The molecule has 5 nitrogen and oxygen atoms in total. The van der Waals surface area contributed by atoms with Crippen LogP contribution in [0.2, 0.25) is 0 Å². The van der Waals surface area contributed by atoms with E-state index in [0.717, 1.165) is 16.7 Å². The molecule has 0 aliphatic rings. The lowest BCUT2D eigenvalue weighted by Crippen LogP contribution is -2.26. The van der Waals surface area contributed by atoms with Gasteiger partial charge in [0, 0.05) is 12.6 Å². The number of benzene rings is 3. The van der Waals surface area contributed by atoms with E-state index in [4.69, 9.17) is 14.2 Å². The average molecular weight is 418 g/mol. The highest BCUT2D eigenvalue weighted by molar-refractivity contribution is 5.91. The molecule has 3 rings (SSSR count). The topological polar surface area (TPSA) is 56.8 Å². The summed E-state index contributed by atoms with van der Waals surface area (Å²) in [5, 5.41) is 2.86. The summed E-state index contributed by atoms with van der Waals surface area (Å²) in [6, 6.07) is 25.6. The summed E-state index contributed by atoms with van der Waals surface area (Å²) in [6.45, 7) is 0.801. The maximum Gasteiger partial charge on any atom is 0.244 e. The predicted molar refractivity (Wildman–Crippen MR) is 122 cm³/mol. The Hall–Kier alpha value is -3.57. The third-order valence-electron chi connectivity index (χ3n) is 4.73. The van der Waals surface area contributed by atoms with Crippen LogP contribution in [0.25, 0.3) is 6.08 Å². The van der Waals surface area contributed by atoms with Crippen molar-refractivity contribution in [1.29, 1.82) is 0 Å². The van der Waals surface area contributed by atoms with Gasteiger partial charge >= 0.3 is 0 Å². The van der Waals surface area contributed by atoms with Crippen LogP contribution in [-0.4, -0.2) is 33.3 Å². The Morgan fingerprint density at radius 3 is 2.06 bits per heavy atom. The fourth-order valence-corrected chi connectivity index (χ4v) is 3.18. The van der Waals surface area contributed by atoms with Crippen LogP contribution in [0, 0.1) is 0 Å². The molecule has 5 heteroatoms. The normalized spacial score (nSPS) is 10.9. The molecule has 1 N–H and O–H groups in total. The molecule has 0 aliphatic heterocycles. The van der Waals surface area contributed by atoms with Gasteiger partial charge in [-0.15, -0.1) is 0 Å². The van der Waals surface area contributed by atoms with Gasteiger partial charge in [0.25, 0.3) is 0 Å². The van der Waals surface area contributed by atoms with E-state index < -0.39 is 0 Å². The third kappa shape index (κ3) is 6.46. The summed E-state index contributed by atoms with van der Waals surface area (Å²) in [6.07, 6.45) is 3.05. The van der Waals surface area contributed by atoms with Gasteiger partial charge in [-0.1, -0.05) is 66.7 Å². The highest BCUT2D eigenvalue weighted by atomic mass is 16.5. The van der Waals surface area contributed by atoms with E-state index in [1.165, 1.54) is 6.08 Å². The molecule has 0 radical (unpaired) electrons. The first-order valence-corrected chi connectivity index (χ1v) is 10.1. The van der Waals surface area contributed by atoms with E-state index in [0.29, 0.717) is 24.7 Å². The largest absolute Gasteiger partial charge is 0.493 e. The third-order valence-corrected chi connectivity index (χ3v) is 4.73. The van der Waals surface area contributed by atoms with E-state index in [9.17, 15) is 4.79 Å². The predicted octanol–water partition coefficient (Wildman–Crippen LogP) is 4.64. The Labute approximate surface area is 183 Å². The minimum Gasteiger partial charge on any atom is -0.493 e. The Bertz CT molecular complexity index is 947. The van der Waals surface area contributed by atoms with Crippen molar-refractivity contribution in [3.8, 4) is 11.5 Å². The van der Waals surface area contributed by atoms with Crippen LogP contribution in [-0.2, 0) is 9.53 Å². The molecular weight excluding hydrogens is 390 g/mol. The molecule has 0 aliphatic carbocycles. The van der Waals surface area contributed by atoms with Crippen molar-refractivity contribution in [3.05, 3.63) is 102 Å². The lowest BCUT2D eigenvalue weighted by Gasteiger charge is -2.19. The van der Waals surface area contributed by atoms with E-state index in [1.54, 1.807) is 26.4 Å². The molecule has 31 heavy (non-hydrogen) atoms. The lowest BCUT2D eigenvalue weighted by molar-refractivity contribution is -0.116. The molecule has 0 heterocycles. The maximum absolute atomic E-state index is 12.2. The lowest BCUT2D eigenvalue weighted by atomic mass is 10.0. The molecule has 0 atom stereocenters. The van der Waals surface area contributed by atoms with Gasteiger partial charge in [0.2, 0.25) is 5.91 Å². The van der Waals surface area contributed by atoms with Crippen molar-refractivity contribution >= 4 is 12.0 Å². The molecule has 0 saturated heterocycles. The van der Waals surface area contributed by atoms with Crippen molar-refractivity contribution in [3.63, 3.8) is 0 Å². The number of methoxy groups -OCH3 is 2. The van der Waals surface area contributed by atoms with E-state index in [1.807, 2.05) is 72.8 Å². The van der Waals surface area contributed by atoms with Crippen LogP contribution in [0.1, 0.15) is 22.8 Å². The van der Waals surface area contributed by atoms with Crippen molar-refractivity contribution < 1.29 is 19.0 Å². The zero-order valence-corrected chi connectivity index (χ0v) is 17.8. The first kappa shape index (κ1) is 22.1. The first-order valence-electron chi connectivity index (χ1n) is 10.1. The van der Waals surface area contributed by atoms with Crippen LogP contribution < -0.4 is 14.8 Å². The number of amides is 1. The molecular formula is C26H27NO4. The number of carbonyl (C=O) groups excluding carboxylic acids is 1. The zero-order valence-electron chi connectivity index (χ0n) is 17.8. The first-order chi connectivity index (χ1) is 15.2. The van der Waals surface area contributed by atoms with Crippen molar-refractivity contribution in [2.75, 3.05) is 27.4 Å². The highest BCUT2D eigenvalue weighted by Gasteiger charge is 2.14. The molecule has 0 aromatic heterocycles. The van der Waals surface area contributed by atoms with Crippen molar-refractivity contribution in [2.45, 2.75) is 6.10 Å². The van der Waals surface area contributed by atoms with Gasteiger partial charge < -0.3 is 19.5 Å². The standard InChI is InChI=1S/C26H27NO4/c1-29-23-15-13-20(19-24(23)30-2)14-16-25(28)27-17-18-31-26(21-9-5-3-6-10-21)22-11-7-4-8-12-22/h3-16,19,26H,17-18H2,1-2H3,(H,27,28)/b16-14+. The summed E-state index contributed by atoms with van der Waals surface area (Å²) in [5.41, 5.74) is 3.00. The summed E-state index contributed by atoms with van der Waals surface area (Å²) < 4.78 is 16.6. The minimum absolute atomic E-state index is 0.179. The fraction of sp³-hybridized carbons (Fsp3) is 0.192. The zero-order chi connectivity index (χ0) is 21.9. The van der Waals surface area contributed by atoms with Crippen molar-refractivity contribution in [1.82, 2.24) is 5.32 Å². The number of ether oxygens (including phenoxy) is 3. The SMILES string of the molecule is COc1ccc(/C=C/C(=O)NCCOC(c2ccccc2)c2ccccc2)cc1OC. The monoisotopic (exact) mass is 417 g/mol. The van der Waals surface area contributed by atoms with Gasteiger partial charge in [-0.3, -0.25) is 4.79 Å². The summed E-state index contributed by atoms with van der Waals surface area (Å²) in [5.74, 6) is 1.08. The van der Waals surface area contributed by atoms with E-state index in [-0.39, 0.29) is 12.0 Å². The molecule has 3 aromatic carbocycles. The van der Waals surface area contributed by atoms with Crippen molar-refractivity contribution in [2.24, 2.45) is 0 Å². The quantitative estimate of drug-likeness (QED) is 0.386. The number of nitrogens with one attached hydrogen (secondary N) is 1. The fourth-order valence-electron chi connectivity index (χ4n) is 3.18. The number of hydrogen-bond acceptors (Lipinski definition) is 4. The van der Waals surface area contributed by atoms with Gasteiger partial charge in [-0.2, -0.15) is 0 Å². The van der Waals surface area contributed by atoms with Gasteiger partial charge in [0.05, 0.1) is 20.8 Å². The Balaban J connectivity index is 1.53. The maximum atomic E-state index is 12.2. The van der Waals surface area contributed by atoms with Gasteiger partial charge in [0.15, 0.2) is 11.5 Å². The van der Waals surface area contributed by atoms with Gasteiger partial charge in [-0.25, -0.2) is 0 Å². The van der Waals surface area contributed by atoms with Crippen LogP contribution in [0.4, 0.5) is 0 Å². The second-order valence-corrected chi connectivity index (χ2v) is 6.81. The summed E-state index contributed by atoms with van der Waals surface area (Å²) >= 11 is 0. The van der Waals surface area contributed by atoms with E-state index >= 15 is 0 Å². The Morgan fingerprint density at radius 1 is 0.871 bits per heavy atom. The smallest absolute Gasteiger partial charge is 0.244 e. The Morgan fingerprint density at radius 2 is 1.48 bits per heavy atom.